The second kappa shape index (κ2) is 6.98. The monoisotopic (exact) mass is 366 g/mol. The predicted molar refractivity (Wildman–Crippen MR) is 99.9 cm³/mol. The van der Waals surface area contributed by atoms with Crippen LogP contribution in [0.2, 0.25) is 0 Å². The van der Waals surface area contributed by atoms with Gasteiger partial charge in [0.1, 0.15) is 12.1 Å². The van der Waals surface area contributed by atoms with Crippen molar-refractivity contribution in [1.29, 1.82) is 0 Å². The molecule has 1 aromatic carbocycles. The third-order valence-electron chi connectivity index (χ3n) is 5.44. The molecule has 2 N–H and O–H groups in total. The predicted octanol–water partition coefficient (Wildman–Crippen LogP) is 1.76. The number of benzene rings is 1. The summed E-state index contributed by atoms with van der Waals surface area (Å²) in [6, 6.07) is 9.39. The molecule has 2 fully saturated rings. The zero-order chi connectivity index (χ0) is 18.9. The molecule has 1 spiro atoms. The van der Waals surface area contributed by atoms with Gasteiger partial charge < -0.3 is 10.6 Å². The standard InChI is InChI=1S/C20H22N4O3/c25-16(13-24-18(26)20(23-19(24)27)9-1-2-10-20)21-12-8-15-6-3-5-14-7-4-11-22-17(14)15/h3-7,11H,1-2,8-10,12-13H2,(H,21,25)(H,23,27). The summed E-state index contributed by atoms with van der Waals surface area (Å²) in [5.74, 6) is -0.597. The maximum atomic E-state index is 12.6. The van der Waals surface area contributed by atoms with Crippen LogP contribution >= 0.6 is 0 Å². The zero-order valence-electron chi connectivity index (χ0n) is 15.0. The molecular weight excluding hydrogens is 344 g/mol. The summed E-state index contributed by atoms with van der Waals surface area (Å²) in [6.07, 6.45) is 5.54. The van der Waals surface area contributed by atoms with E-state index in [9.17, 15) is 14.4 Å². The van der Waals surface area contributed by atoms with Crippen molar-refractivity contribution in [1.82, 2.24) is 20.5 Å². The van der Waals surface area contributed by atoms with E-state index >= 15 is 0 Å². The van der Waals surface area contributed by atoms with Gasteiger partial charge in [-0.1, -0.05) is 37.1 Å². The van der Waals surface area contributed by atoms with Crippen molar-refractivity contribution in [2.75, 3.05) is 13.1 Å². The lowest BCUT2D eigenvalue weighted by atomic mass is 9.98. The van der Waals surface area contributed by atoms with Crippen LogP contribution in [0.5, 0.6) is 0 Å². The third-order valence-corrected chi connectivity index (χ3v) is 5.44. The third kappa shape index (κ3) is 3.25. The van der Waals surface area contributed by atoms with Gasteiger partial charge in [-0.3, -0.25) is 19.5 Å². The molecule has 7 nitrogen and oxygen atoms in total. The van der Waals surface area contributed by atoms with Crippen LogP contribution in [0.15, 0.2) is 36.5 Å². The summed E-state index contributed by atoms with van der Waals surface area (Å²) >= 11 is 0. The molecule has 0 atom stereocenters. The Morgan fingerprint density at radius 1 is 1.19 bits per heavy atom. The molecule has 4 amide bonds. The molecule has 2 aromatic rings. The number of carbonyl (C=O) groups is 3. The van der Waals surface area contributed by atoms with Crippen molar-refractivity contribution >= 4 is 28.7 Å². The van der Waals surface area contributed by atoms with Crippen molar-refractivity contribution in [3.63, 3.8) is 0 Å². The van der Waals surface area contributed by atoms with Crippen molar-refractivity contribution in [2.24, 2.45) is 0 Å². The number of rotatable bonds is 5. The first-order chi connectivity index (χ1) is 13.1. The van der Waals surface area contributed by atoms with E-state index in [2.05, 4.69) is 15.6 Å². The summed E-state index contributed by atoms with van der Waals surface area (Å²) in [4.78, 5) is 42.4. The number of nitrogens with one attached hydrogen (secondary N) is 2. The quantitative estimate of drug-likeness (QED) is 0.789. The van der Waals surface area contributed by atoms with E-state index in [4.69, 9.17) is 0 Å². The molecule has 1 saturated carbocycles. The molecule has 1 aliphatic heterocycles. The minimum absolute atomic E-state index is 0.236. The van der Waals surface area contributed by atoms with Gasteiger partial charge in [0.2, 0.25) is 5.91 Å². The summed E-state index contributed by atoms with van der Waals surface area (Å²) < 4.78 is 0. The second-order valence-corrected chi connectivity index (χ2v) is 7.20. The Hall–Kier alpha value is -2.96. The fraction of sp³-hybridized carbons (Fsp3) is 0.400. The van der Waals surface area contributed by atoms with Gasteiger partial charge in [-0.05, 0) is 30.9 Å². The molecule has 1 aliphatic carbocycles. The molecule has 27 heavy (non-hydrogen) atoms. The van der Waals surface area contributed by atoms with E-state index < -0.39 is 11.6 Å². The van der Waals surface area contributed by atoms with E-state index in [1.807, 2.05) is 30.3 Å². The fourth-order valence-corrected chi connectivity index (χ4v) is 4.04. The van der Waals surface area contributed by atoms with Crippen molar-refractivity contribution in [2.45, 2.75) is 37.6 Å². The highest BCUT2D eigenvalue weighted by molar-refractivity contribution is 6.09. The average Bonchev–Trinajstić information content (AvgIpc) is 3.23. The normalized spacial score (nSPS) is 18.3. The van der Waals surface area contributed by atoms with Crippen LogP contribution in [0.25, 0.3) is 10.9 Å². The molecule has 0 unspecified atom stereocenters. The van der Waals surface area contributed by atoms with E-state index in [0.717, 1.165) is 34.2 Å². The molecular formula is C20H22N4O3. The number of imide groups is 1. The number of para-hydroxylation sites is 1. The first-order valence-corrected chi connectivity index (χ1v) is 9.32. The molecule has 1 saturated heterocycles. The number of pyridine rings is 1. The highest BCUT2D eigenvalue weighted by Gasteiger charge is 2.52. The Kier molecular flexibility index (Phi) is 4.51. The number of carbonyl (C=O) groups excluding carboxylic acids is 3. The van der Waals surface area contributed by atoms with Crippen LogP contribution in [0.3, 0.4) is 0 Å². The summed E-state index contributed by atoms with van der Waals surface area (Å²) in [6.45, 7) is 0.184. The van der Waals surface area contributed by atoms with Crippen LogP contribution < -0.4 is 10.6 Å². The fourth-order valence-electron chi connectivity index (χ4n) is 4.04. The summed E-state index contributed by atoms with van der Waals surface area (Å²) in [7, 11) is 0. The number of nitrogens with zero attached hydrogens (tertiary/aromatic N) is 2. The number of hydrogen-bond donors (Lipinski definition) is 2. The van der Waals surface area contributed by atoms with Gasteiger partial charge in [-0.25, -0.2) is 4.79 Å². The Morgan fingerprint density at radius 3 is 2.78 bits per heavy atom. The van der Waals surface area contributed by atoms with E-state index in [1.165, 1.54) is 0 Å². The molecule has 140 valence electrons. The molecule has 0 bridgehead atoms. The molecule has 1 aromatic heterocycles. The van der Waals surface area contributed by atoms with Gasteiger partial charge in [0, 0.05) is 18.1 Å². The number of amides is 4. The Bertz CT molecular complexity index is 900. The molecule has 0 radical (unpaired) electrons. The highest BCUT2D eigenvalue weighted by atomic mass is 16.2. The first kappa shape index (κ1) is 17.5. The first-order valence-electron chi connectivity index (χ1n) is 9.32. The smallest absolute Gasteiger partial charge is 0.325 e. The van der Waals surface area contributed by atoms with Gasteiger partial charge >= 0.3 is 6.03 Å². The topological polar surface area (TPSA) is 91.4 Å². The van der Waals surface area contributed by atoms with Crippen molar-refractivity contribution < 1.29 is 14.4 Å². The average molecular weight is 366 g/mol. The number of aromatic nitrogens is 1. The molecule has 2 aliphatic rings. The minimum atomic E-state index is -0.772. The Morgan fingerprint density at radius 2 is 1.96 bits per heavy atom. The highest BCUT2D eigenvalue weighted by Crippen LogP contribution is 2.34. The number of fused-ring (bicyclic) bond motifs is 1. The lowest BCUT2D eigenvalue weighted by Crippen LogP contribution is -2.45. The van der Waals surface area contributed by atoms with E-state index in [0.29, 0.717) is 25.8 Å². The van der Waals surface area contributed by atoms with Gasteiger partial charge in [-0.2, -0.15) is 0 Å². The van der Waals surface area contributed by atoms with E-state index in [-0.39, 0.29) is 18.4 Å². The van der Waals surface area contributed by atoms with Crippen molar-refractivity contribution in [3.8, 4) is 0 Å². The number of urea groups is 1. The van der Waals surface area contributed by atoms with Crippen LogP contribution in [-0.2, 0) is 16.0 Å². The van der Waals surface area contributed by atoms with Gasteiger partial charge in [0.05, 0.1) is 5.52 Å². The van der Waals surface area contributed by atoms with Gasteiger partial charge in [0.15, 0.2) is 0 Å². The largest absolute Gasteiger partial charge is 0.354 e. The van der Waals surface area contributed by atoms with Crippen LogP contribution in [0, 0.1) is 0 Å². The zero-order valence-corrected chi connectivity index (χ0v) is 15.0. The molecule has 7 heteroatoms. The van der Waals surface area contributed by atoms with Crippen LogP contribution in [0.4, 0.5) is 4.79 Å². The number of hydrogen-bond acceptors (Lipinski definition) is 4. The maximum Gasteiger partial charge on any atom is 0.325 e. The molecule has 4 rings (SSSR count). The second-order valence-electron chi connectivity index (χ2n) is 7.20. The Labute approximate surface area is 157 Å². The lowest BCUT2D eigenvalue weighted by Gasteiger charge is -2.19. The van der Waals surface area contributed by atoms with Gasteiger partial charge in [0.25, 0.3) is 5.91 Å². The summed E-state index contributed by atoms with van der Waals surface area (Å²) in [5.41, 5.74) is 1.20. The summed E-state index contributed by atoms with van der Waals surface area (Å²) in [5, 5.41) is 6.65. The van der Waals surface area contributed by atoms with E-state index in [1.54, 1.807) is 6.20 Å². The minimum Gasteiger partial charge on any atom is -0.354 e. The molecule has 2 heterocycles. The maximum absolute atomic E-state index is 12.6. The van der Waals surface area contributed by atoms with Crippen molar-refractivity contribution in [3.05, 3.63) is 42.1 Å². The van der Waals surface area contributed by atoms with Crippen LogP contribution in [-0.4, -0.2) is 46.4 Å². The van der Waals surface area contributed by atoms with Crippen LogP contribution in [0.1, 0.15) is 31.2 Å². The van der Waals surface area contributed by atoms with Gasteiger partial charge in [-0.15, -0.1) is 0 Å². The SMILES string of the molecule is O=C(CN1C(=O)NC2(CCCC2)C1=O)NCCc1cccc2cccnc12. The Balaban J connectivity index is 1.33. The lowest BCUT2D eigenvalue weighted by molar-refractivity contribution is -0.134.